The normalized spacial score (nSPS) is 13.5. The molecule has 182 valence electrons. The van der Waals surface area contributed by atoms with Gasteiger partial charge in [-0.25, -0.2) is 4.98 Å². The summed E-state index contributed by atoms with van der Waals surface area (Å²) in [6, 6.07) is 7.59. The number of anilines is 1. The van der Waals surface area contributed by atoms with Crippen molar-refractivity contribution in [1.29, 1.82) is 0 Å². The second-order valence-corrected chi connectivity index (χ2v) is 8.93. The predicted molar refractivity (Wildman–Crippen MR) is 132 cm³/mol. The van der Waals surface area contributed by atoms with E-state index in [0.717, 1.165) is 29.3 Å². The summed E-state index contributed by atoms with van der Waals surface area (Å²) >= 11 is 0. The van der Waals surface area contributed by atoms with Gasteiger partial charge in [-0.2, -0.15) is 5.10 Å². The van der Waals surface area contributed by atoms with Gasteiger partial charge in [-0.1, -0.05) is 5.16 Å². The van der Waals surface area contributed by atoms with E-state index in [2.05, 4.69) is 15.5 Å². The molecule has 4 aromatic rings. The van der Waals surface area contributed by atoms with Crippen molar-refractivity contribution in [1.82, 2.24) is 19.9 Å². The molecule has 0 atom stereocenters. The summed E-state index contributed by atoms with van der Waals surface area (Å²) in [5, 5.41) is 33.6. The fourth-order valence-electron chi connectivity index (χ4n) is 4.33. The fourth-order valence-corrected chi connectivity index (χ4v) is 4.33. The smallest absolute Gasteiger partial charge is 0.494 e. The number of ether oxygens (including phenoxy) is 2. The maximum Gasteiger partial charge on any atom is 0.494 e. The molecule has 0 aliphatic heterocycles. The van der Waals surface area contributed by atoms with Crippen molar-refractivity contribution in [3.8, 4) is 22.9 Å². The Bertz CT molecular complexity index is 1360. The molecule has 3 aromatic heterocycles. The zero-order chi connectivity index (χ0) is 24.7. The van der Waals surface area contributed by atoms with Gasteiger partial charge in [0.2, 0.25) is 0 Å². The molecule has 1 aliphatic rings. The SMILES string of the molecule is COc1ccc(CNc2nccc3c2c(-c2noc(C4CC4)c2B(O)O)nn3C(C)C)c(OC)c1. The molecule has 3 heterocycles. The van der Waals surface area contributed by atoms with Gasteiger partial charge in [-0.15, -0.1) is 0 Å². The van der Waals surface area contributed by atoms with E-state index >= 15 is 0 Å². The minimum atomic E-state index is -1.72. The Balaban J connectivity index is 1.61. The van der Waals surface area contributed by atoms with Crippen molar-refractivity contribution in [3.63, 3.8) is 0 Å². The molecule has 0 spiro atoms. The number of methoxy groups -OCH3 is 2. The summed E-state index contributed by atoms with van der Waals surface area (Å²) < 4.78 is 18.3. The lowest BCUT2D eigenvalue weighted by Gasteiger charge is -2.13. The number of benzene rings is 1. The molecule has 0 amide bonds. The van der Waals surface area contributed by atoms with Gasteiger partial charge in [0.05, 0.1) is 30.6 Å². The summed E-state index contributed by atoms with van der Waals surface area (Å²) in [6.07, 6.45) is 3.60. The van der Waals surface area contributed by atoms with Crippen LogP contribution in [-0.4, -0.2) is 51.3 Å². The number of nitrogens with zero attached hydrogens (tertiary/aromatic N) is 4. The highest BCUT2D eigenvalue weighted by atomic mass is 16.5. The summed E-state index contributed by atoms with van der Waals surface area (Å²) in [6.45, 7) is 4.51. The Morgan fingerprint density at radius 1 is 1.17 bits per heavy atom. The van der Waals surface area contributed by atoms with Crippen molar-refractivity contribution in [2.45, 2.75) is 45.2 Å². The number of aromatic nitrogens is 4. The molecule has 0 saturated heterocycles. The molecule has 11 heteroatoms. The first kappa shape index (κ1) is 23.2. The van der Waals surface area contributed by atoms with Crippen LogP contribution in [0, 0.1) is 0 Å². The van der Waals surface area contributed by atoms with Crippen molar-refractivity contribution in [2.75, 3.05) is 19.5 Å². The first-order chi connectivity index (χ1) is 16.9. The van der Waals surface area contributed by atoms with Crippen LogP contribution in [-0.2, 0) is 6.54 Å². The van der Waals surface area contributed by atoms with Crippen LogP contribution in [0.1, 0.15) is 50.0 Å². The zero-order valence-corrected chi connectivity index (χ0v) is 20.1. The highest BCUT2D eigenvalue weighted by Crippen LogP contribution is 2.41. The molecule has 10 nitrogen and oxygen atoms in total. The van der Waals surface area contributed by atoms with Crippen LogP contribution in [0.15, 0.2) is 35.0 Å². The largest absolute Gasteiger partial charge is 0.497 e. The van der Waals surface area contributed by atoms with Gasteiger partial charge in [0.15, 0.2) is 0 Å². The van der Waals surface area contributed by atoms with Crippen LogP contribution in [0.4, 0.5) is 5.82 Å². The summed E-state index contributed by atoms with van der Waals surface area (Å²) in [4.78, 5) is 4.59. The number of rotatable bonds is 9. The molecule has 0 bridgehead atoms. The molecule has 1 aromatic carbocycles. The number of fused-ring (bicyclic) bond motifs is 1. The summed E-state index contributed by atoms with van der Waals surface area (Å²) in [5.41, 5.74) is 2.86. The molecule has 35 heavy (non-hydrogen) atoms. The van der Waals surface area contributed by atoms with E-state index in [0.29, 0.717) is 41.0 Å². The molecule has 1 aliphatic carbocycles. The average molecular weight is 477 g/mol. The minimum Gasteiger partial charge on any atom is -0.497 e. The Morgan fingerprint density at radius 3 is 2.63 bits per heavy atom. The van der Waals surface area contributed by atoms with E-state index in [9.17, 15) is 10.0 Å². The van der Waals surface area contributed by atoms with Gasteiger partial charge in [-0.3, -0.25) is 4.68 Å². The minimum absolute atomic E-state index is 0.0560. The van der Waals surface area contributed by atoms with Crippen LogP contribution < -0.4 is 20.3 Å². The van der Waals surface area contributed by atoms with Crippen LogP contribution in [0.2, 0.25) is 0 Å². The van der Waals surface area contributed by atoms with E-state index in [-0.39, 0.29) is 17.4 Å². The van der Waals surface area contributed by atoms with Crippen molar-refractivity contribution in [3.05, 3.63) is 41.8 Å². The molecule has 5 rings (SSSR count). The maximum atomic E-state index is 10.2. The second-order valence-electron chi connectivity index (χ2n) is 8.93. The number of hydrogen-bond acceptors (Lipinski definition) is 9. The number of nitrogens with one attached hydrogen (secondary N) is 1. The van der Waals surface area contributed by atoms with Crippen molar-refractivity contribution >= 4 is 29.3 Å². The molecular formula is C24H28BN5O5. The Morgan fingerprint density at radius 2 is 1.97 bits per heavy atom. The van der Waals surface area contributed by atoms with E-state index in [1.807, 2.05) is 42.8 Å². The van der Waals surface area contributed by atoms with Gasteiger partial charge < -0.3 is 29.4 Å². The monoisotopic (exact) mass is 477 g/mol. The van der Waals surface area contributed by atoms with Gasteiger partial charge >= 0.3 is 7.12 Å². The molecule has 0 radical (unpaired) electrons. The van der Waals surface area contributed by atoms with Crippen LogP contribution in [0.3, 0.4) is 0 Å². The predicted octanol–water partition coefficient (Wildman–Crippen LogP) is 2.85. The third-order valence-electron chi connectivity index (χ3n) is 6.24. The third-order valence-corrected chi connectivity index (χ3v) is 6.24. The summed E-state index contributed by atoms with van der Waals surface area (Å²) in [7, 11) is 1.51. The van der Waals surface area contributed by atoms with Crippen molar-refractivity contribution in [2.24, 2.45) is 0 Å². The Kier molecular flexibility index (Phi) is 6.12. The Labute approximate surface area is 203 Å². The summed E-state index contributed by atoms with van der Waals surface area (Å²) in [5.74, 6) is 2.67. The molecule has 0 unspecified atom stereocenters. The zero-order valence-electron chi connectivity index (χ0n) is 20.1. The van der Waals surface area contributed by atoms with E-state index in [4.69, 9.17) is 19.1 Å². The molecule has 1 saturated carbocycles. The Hall–Kier alpha value is -3.57. The van der Waals surface area contributed by atoms with Gasteiger partial charge in [0, 0.05) is 36.3 Å². The standard InChI is InChI=1S/C24H28BN5O5/c1-13(2)30-17-9-10-26-24(27-12-15-7-8-16(33-3)11-18(15)34-4)19(17)21(28-30)22-20(25(31)32)23(35-29-22)14-5-6-14/h7-11,13-14,31-32H,5-6,12H2,1-4H3,(H,26,27). The first-order valence-corrected chi connectivity index (χ1v) is 11.6. The lowest BCUT2D eigenvalue weighted by atomic mass is 9.76. The lowest BCUT2D eigenvalue weighted by molar-refractivity contribution is 0.384. The quantitative estimate of drug-likeness (QED) is 0.312. The van der Waals surface area contributed by atoms with E-state index in [1.165, 1.54) is 0 Å². The third kappa shape index (κ3) is 4.21. The first-order valence-electron chi connectivity index (χ1n) is 11.6. The van der Waals surface area contributed by atoms with Gasteiger partial charge in [-0.05, 0) is 44.9 Å². The van der Waals surface area contributed by atoms with Crippen LogP contribution in [0.25, 0.3) is 22.3 Å². The van der Waals surface area contributed by atoms with Gasteiger partial charge in [0.25, 0.3) is 0 Å². The fraction of sp³-hybridized carbons (Fsp3) is 0.375. The van der Waals surface area contributed by atoms with E-state index in [1.54, 1.807) is 20.4 Å². The van der Waals surface area contributed by atoms with E-state index < -0.39 is 7.12 Å². The highest BCUT2D eigenvalue weighted by molar-refractivity contribution is 6.61. The topological polar surface area (TPSA) is 128 Å². The number of hydrogen-bond donors (Lipinski definition) is 3. The van der Waals surface area contributed by atoms with Crippen LogP contribution in [0.5, 0.6) is 11.5 Å². The second kappa shape index (κ2) is 9.24. The maximum absolute atomic E-state index is 10.2. The average Bonchev–Trinajstić information content (AvgIpc) is 3.47. The molecular weight excluding hydrogens is 449 g/mol. The lowest BCUT2D eigenvalue weighted by Crippen LogP contribution is -2.33. The number of pyridine rings is 1. The molecule has 3 N–H and O–H groups in total. The van der Waals surface area contributed by atoms with Crippen LogP contribution >= 0.6 is 0 Å². The molecule has 1 fully saturated rings. The van der Waals surface area contributed by atoms with Crippen molar-refractivity contribution < 1.29 is 24.0 Å². The van der Waals surface area contributed by atoms with Gasteiger partial charge in [0.1, 0.15) is 34.5 Å². The highest BCUT2D eigenvalue weighted by Gasteiger charge is 2.38.